The fourth-order valence-corrected chi connectivity index (χ4v) is 4.30. The van der Waals surface area contributed by atoms with Crippen LogP contribution < -0.4 is 5.32 Å². The van der Waals surface area contributed by atoms with Gasteiger partial charge in [0, 0.05) is 24.7 Å². The summed E-state index contributed by atoms with van der Waals surface area (Å²) in [6.45, 7) is 0.961. The van der Waals surface area contributed by atoms with Gasteiger partial charge in [0.25, 0.3) is 0 Å². The molecule has 3 heteroatoms. The molecule has 0 bridgehead atoms. The largest absolute Gasteiger partial charge is 0.298 e. The van der Waals surface area contributed by atoms with Gasteiger partial charge in [0.1, 0.15) is 6.04 Å². The van der Waals surface area contributed by atoms with Crippen molar-refractivity contribution in [2.75, 3.05) is 6.54 Å². The molecule has 21 heavy (non-hydrogen) atoms. The van der Waals surface area contributed by atoms with Crippen molar-refractivity contribution in [1.82, 2.24) is 10.2 Å². The van der Waals surface area contributed by atoms with Crippen molar-refractivity contribution in [3.05, 3.63) is 0 Å². The van der Waals surface area contributed by atoms with Gasteiger partial charge in [-0.25, -0.2) is 0 Å². The number of hydrogen-bond donors (Lipinski definition) is 1. The highest BCUT2D eigenvalue weighted by molar-refractivity contribution is 4.99. The van der Waals surface area contributed by atoms with E-state index < -0.39 is 0 Å². The Balaban J connectivity index is 1.62. The van der Waals surface area contributed by atoms with Crippen LogP contribution in [0.25, 0.3) is 0 Å². The van der Waals surface area contributed by atoms with Gasteiger partial charge < -0.3 is 0 Å². The number of nitrogens with one attached hydrogen (secondary N) is 1. The Morgan fingerprint density at radius 1 is 0.857 bits per heavy atom. The summed E-state index contributed by atoms with van der Waals surface area (Å²) in [6, 6.07) is 4.70. The maximum absolute atomic E-state index is 9.51. The molecule has 3 nitrogen and oxygen atoms in total. The van der Waals surface area contributed by atoms with Crippen LogP contribution in [0.4, 0.5) is 0 Å². The van der Waals surface area contributed by atoms with Crippen LogP contribution in [-0.2, 0) is 0 Å². The second kappa shape index (κ2) is 7.61. The quantitative estimate of drug-likeness (QED) is 0.812. The maximum atomic E-state index is 9.51. The first-order valence-corrected chi connectivity index (χ1v) is 9.28. The van der Waals surface area contributed by atoms with Gasteiger partial charge in [-0.15, -0.1) is 0 Å². The second-order valence-corrected chi connectivity index (χ2v) is 7.40. The molecule has 0 aliphatic heterocycles. The average molecular weight is 289 g/mol. The zero-order chi connectivity index (χ0) is 14.5. The summed E-state index contributed by atoms with van der Waals surface area (Å²) < 4.78 is 0. The standard InChI is InChI=1S/C18H31N3/c19-13-16(20-15-11-12-15)14-21(17-7-3-1-4-8-17)18-9-5-2-6-10-18/h15-18,20H,1-12,14H2. The molecule has 0 aromatic carbocycles. The van der Waals surface area contributed by atoms with Gasteiger partial charge in [0.15, 0.2) is 0 Å². The highest BCUT2D eigenvalue weighted by Crippen LogP contribution is 2.30. The maximum Gasteiger partial charge on any atom is 0.108 e. The summed E-state index contributed by atoms with van der Waals surface area (Å²) in [6.07, 6.45) is 16.4. The smallest absolute Gasteiger partial charge is 0.108 e. The number of rotatable bonds is 6. The molecule has 0 aromatic heterocycles. The van der Waals surface area contributed by atoms with Crippen LogP contribution in [0.2, 0.25) is 0 Å². The van der Waals surface area contributed by atoms with Crippen molar-refractivity contribution in [3.8, 4) is 6.07 Å². The van der Waals surface area contributed by atoms with Crippen molar-refractivity contribution >= 4 is 0 Å². The topological polar surface area (TPSA) is 39.1 Å². The molecule has 0 spiro atoms. The molecule has 3 saturated carbocycles. The lowest BCUT2D eigenvalue weighted by atomic mass is 9.88. The first kappa shape index (κ1) is 15.3. The Hall–Kier alpha value is -0.590. The van der Waals surface area contributed by atoms with E-state index >= 15 is 0 Å². The summed E-state index contributed by atoms with van der Waals surface area (Å²) in [5.74, 6) is 0. The predicted octanol–water partition coefficient (Wildman–Crippen LogP) is 3.60. The van der Waals surface area contributed by atoms with Crippen LogP contribution in [0.15, 0.2) is 0 Å². The van der Waals surface area contributed by atoms with Crippen molar-refractivity contribution in [3.63, 3.8) is 0 Å². The molecule has 1 N–H and O–H groups in total. The van der Waals surface area contributed by atoms with E-state index in [2.05, 4.69) is 16.3 Å². The fraction of sp³-hybridized carbons (Fsp3) is 0.944. The van der Waals surface area contributed by atoms with Crippen molar-refractivity contribution in [2.45, 2.75) is 101 Å². The summed E-state index contributed by atoms with van der Waals surface area (Å²) in [4.78, 5) is 2.75. The van der Waals surface area contributed by atoms with Crippen LogP contribution in [0.1, 0.15) is 77.0 Å². The third kappa shape index (κ3) is 4.44. The molecule has 3 rings (SSSR count). The highest BCUT2D eigenvalue weighted by atomic mass is 15.2. The molecular formula is C18H31N3. The Labute approximate surface area is 130 Å². The van der Waals surface area contributed by atoms with Crippen LogP contribution in [0.3, 0.4) is 0 Å². The second-order valence-electron chi connectivity index (χ2n) is 7.40. The molecule has 118 valence electrons. The summed E-state index contributed by atoms with van der Waals surface area (Å²) in [5.41, 5.74) is 0. The summed E-state index contributed by atoms with van der Waals surface area (Å²) >= 11 is 0. The summed E-state index contributed by atoms with van der Waals surface area (Å²) in [5, 5.41) is 13.1. The predicted molar refractivity (Wildman–Crippen MR) is 86.0 cm³/mol. The molecule has 0 radical (unpaired) electrons. The van der Waals surface area contributed by atoms with Crippen LogP contribution in [-0.4, -0.2) is 35.6 Å². The lowest BCUT2D eigenvalue weighted by molar-refractivity contribution is 0.0756. The molecule has 0 amide bonds. The minimum Gasteiger partial charge on any atom is -0.298 e. The van der Waals surface area contributed by atoms with Gasteiger partial charge in [0.05, 0.1) is 6.07 Å². The lowest BCUT2D eigenvalue weighted by Gasteiger charge is -2.42. The normalized spacial score (nSPS) is 26.7. The molecule has 0 saturated heterocycles. The van der Waals surface area contributed by atoms with E-state index in [1.807, 2.05) is 0 Å². The molecule has 3 aliphatic carbocycles. The highest BCUT2D eigenvalue weighted by Gasteiger charge is 2.32. The van der Waals surface area contributed by atoms with E-state index in [0.717, 1.165) is 18.6 Å². The first-order valence-electron chi connectivity index (χ1n) is 9.28. The fourth-order valence-electron chi connectivity index (χ4n) is 4.30. The van der Waals surface area contributed by atoms with E-state index in [1.165, 1.54) is 77.0 Å². The number of nitriles is 1. The van der Waals surface area contributed by atoms with Crippen LogP contribution >= 0.6 is 0 Å². The van der Waals surface area contributed by atoms with Crippen molar-refractivity contribution < 1.29 is 0 Å². The molecule has 0 heterocycles. The Bertz CT molecular complexity index is 328. The third-order valence-electron chi connectivity index (χ3n) is 5.65. The van der Waals surface area contributed by atoms with Crippen molar-refractivity contribution in [2.24, 2.45) is 0 Å². The number of nitrogens with zero attached hydrogens (tertiary/aromatic N) is 2. The minimum absolute atomic E-state index is 0.0429. The van der Waals surface area contributed by atoms with Crippen LogP contribution in [0.5, 0.6) is 0 Å². The first-order chi connectivity index (χ1) is 10.4. The van der Waals surface area contributed by atoms with Gasteiger partial charge in [-0.3, -0.25) is 10.2 Å². The molecule has 3 aliphatic rings. The molecule has 0 aromatic rings. The average Bonchev–Trinajstić information content (AvgIpc) is 3.37. The van der Waals surface area contributed by atoms with Gasteiger partial charge in [0.2, 0.25) is 0 Å². The SMILES string of the molecule is N#CC(CN(C1CCCCC1)C1CCCCC1)NC1CC1. The van der Waals surface area contributed by atoms with Gasteiger partial charge in [-0.1, -0.05) is 38.5 Å². The zero-order valence-electron chi connectivity index (χ0n) is 13.4. The molecule has 1 atom stereocenters. The third-order valence-corrected chi connectivity index (χ3v) is 5.65. The lowest BCUT2D eigenvalue weighted by Crippen LogP contribution is -2.51. The molecule has 1 unspecified atom stereocenters. The monoisotopic (exact) mass is 289 g/mol. The van der Waals surface area contributed by atoms with E-state index in [4.69, 9.17) is 0 Å². The Morgan fingerprint density at radius 2 is 1.38 bits per heavy atom. The van der Waals surface area contributed by atoms with E-state index in [0.29, 0.717) is 6.04 Å². The van der Waals surface area contributed by atoms with Gasteiger partial charge >= 0.3 is 0 Å². The molecule has 3 fully saturated rings. The van der Waals surface area contributed by atoms with E-state index in [9.17, 15) is 5.26 Å². The van der Waals surface area contributed by atoms with Gasteiger partial charge in [-0.2, -0.15) is 5.26 Å². The Kier molecular flexibility index (Phi) is 5.55. The summed E-state index contributed by atoms with van der Waals surface area (Å²) in [7, 11) is 0. The van der Waals surface area contributed by atoms with Crippen LogP contribution in [0, 0.1) is 11.3 Å². The Morgan fingerprint density at radius 3 is 1.81 bits per heavy atom. The van der Waals surface area contributed by atoms with E-state index in [1.54, 1.807) is 0 Å². The van der Waals surface area contributed by atoms with Crippen molar-refractivity contribution in [1.29, 1.82) is 5.26 Å². The molecular weight excluding hydrogens is 258 g/mol. The zero-order valence-corrected chi connectivity index (χ0v) is 13.4. The number of hydrogen-bond acceptors (Lipinski definition) is 3. The van der Waals surface area contributed by atoms with Gasteiger partial charge in [-0.05, 0) is 38.5 Å². The van der Waals surface area contributed by atoms with E-state index in [-0.39, 0.29) is 6.04 Å². The minimum atomic E-state index is 0.0429.